The van der Waals surface area contributed by atoms with Crippen molar-refractivity contribution in [3.8, 4) is 0 Å². The van der Waals surface area contributed by atoms with E-state index in [0.29, 0.717) is 11.3 Å². The predicted molar refractivity (Wildman–Crippen MR) is 97.8 cm³/mol. The Kier molecular flexibility index (Phi) is 5.03. The van der Waals surface area contributed by atoms with Crippen LogP contribution in [0.25, 0.3) is 0 Å². The molecule has 0 aliphatic carbocycles. The lowest BCUT2D eigenvalue weighted by Crippen LogP contribution is -2.19. The lowest BCUT2D eigenvalue weighted by atomic mass is 10.2. The van der Waals surface area contributed by atoms with Gasteiger partial charge in [0.25, 0.3) is 5.91 Å². The fourth-order valence-corrected chi connectivity index (χ4v) is 3.66. The molecule has 1 aliphatic heterocycles. The van der Waals surface area contributed by atoms with Crippen molar-refractivity contribution in [2.45, 2.75) is 24.7 Å². The number of sulfone groups is 1. The second kappa shape index (κ2) is 7.23. The van der Waals surface area contributed by atoms with Crippen LogP contribution in [0.2, 0.25) is 0 Å². The summed E-state index contributed by atoms with van der Waals surface area (Å²) in [5.41, 5.74) is 1.01. The van der Waals surface area contributed by atoms with Crippen LogP contribution < -0.4 is 10.2 Å². The quantitative estimate of drug-likeness (QED) is 0.888. The second-order valence-corrected chi connectivity index (χ2v) is 8.26. The van der Waals surface area contributed by atoms with Crippen LogP contribution >= 0.6 is 0 Å². The average molecular weight is 359 g/mol. The normalized spacial score (nSPS) is 14.5. The Bertz CT molecular complexity index is 840. The first-order chi connectivity index (χ1) is 12.0. The first kappa shape index (κ1) is 17.4. The topological polar surface area (TPSA) is 79.4 Å². The highest BCUT2D eigenvalue weighted by Gasteiger charge is 2.15. The minimum Gasteiger partial charge on any atom is -0.357 e. The standard InChI is InChI=1S/C18H21N3O3S/c1-2-25(23,24)16-8-5-14(6-9-16)18(22)20-15-7-10-17(19-13-15)21-11-3-4-12-21/h5-10,13H,2-4,11-12H2,1H3,(H,20,22). The van der Waals surface area contributed by atoms with Crippen molar-refractivity contribution in [2.24, 2.45) is 0 Å². The van der Waals surface area contributed by atoms with Gasteiger partial charge in [-0.25, -0.2) is 13.4 Å². The van der Waals surface area contributed by atoms with Crippen LogP contribution in [0.1, 0.15) is 30.1 Å². The smallest absolute Gasteiger partial charge is 0.255 e. The van der Waals surface area contributed by atoms with E-state index >= 15 is 0 Å². The number of nitrogens with zero attached hydrogens (tertiary/aromatic N) is 2. The number of aromatic nitrogens is 1. The zero-order chi connectivity index (χ0) is 17.9. The average Bonchev–Trinajstić information content (AvgIpc) is 3.17. The van der Waals surface area contributed by atoms with Gasteiger partial charge in [0.2, 0.25) is 0 Å². The molecule has 1 aromatic heterocycles. The van der Waals surface area contributed by atoms with Crippen LogP contribution in [0.15, 0.2) is 47.5 Å². The third-order valence-electron chi connectivity index (χ3n) is 4.29. The van der Waals surface area contributed by atoms with Gasteiger partial charge in [-0.15, -0.1) is 0 Å². The van der Waals surface area contributed by atoms with E-state index in [9.17, 15) is 13.2 Å². The molecule has 0 radical (unpaired) electrons. The van der Waals surface area contributed by atoms with Gasteiger partial charge in [-0.3, -0.25) is 4.79 Å². The van der Waals surface area contributed by atoms with E-state index in [2.05, 4.69) is 15.2 Å². The number of carbonyl (C=O) groups excluding carboxylic acids is 1. The van der Waals surface area contributed by atoms with Gasteiger partial charge in [-0.1, -0.05) is 6.92 Å². The lowest BCUT2D eigenvalue weighted by molar-refractivity contribution is 0.102. The number of carbonyl (C=O) groups is 1. The number of nitrogens with one attached hydrogen (secondary N) is 1. The van der Waals surface area contributed by atoms with Crippen molar-refractivity contribution >= 4 is 27.2 Å². The molecule has 1 amide bonds. The number of anilines is 2. The summed E-state index contributed by atoms with van der Waals surface area (Å²) >= 11 is 0. The number of amides is 1. The van der Waals surface area contributed by atoms with Crippen LogP contribution in [0.4, 0.5) is 11.5 Å². The molecule has 0 atom stereocenters. The zero-order valence-electron chi connectivity index (χ0n) is 14.1. The maximum Gasteiger partial charge on any atom is 0.255 e. The molecule has 132 valence electrons. The van der Waals surface area contributed by atoms with Crippen molar-refractivity contribution in [1.29, 1.82) is 0 Å². The van der Waals surface area contributed by atoms with Crippen molar-refractivity contribution in [3.63, 3.8) is 0 Å². The first-order valence-electron chi connectivity index (χ1n) is 8.35. The van der Waals surface area contributed by atoms with Crippen LogP contribution in [-0.2, 0) is 9.84 Å². The SMILES string of the molecule is CCS(=O)(=O)c1ccc(C(=O)Nc2ccc(N3CCCC3)nc2)cc1. The Balaban J connectivity index is 1.67. The van der Waals surface area contributed by atoms with Crippen molar-refractivity contribution < 1.29 is 13.2 Å². The molecule has 0 saturated carbocycles. The molecule has 7 heteroatoms. The highest BCUT2D eigenvalue weighted by atomic mass is 32.2. The summed E-state index contributed by atoms with van der Waals surface area (Å²) < 4.78 is 23.6. The van der Waals surface area contributed by atoms with Gasteiger partial charge in [0, 0.05) is 18.7 Å². The summed E-state index contributed by atoms with van der Waals surface area (Å²) in [4.78, 5) is 19.1. The summed E-state index contributed by atoms with van der Waals surface area (Å²) in [6.45, 7) is 3.63. The minimum absolute atomic E-state index is 0.0353. The van der Waals surface area contributed by atoms with Gasteiger partial charge in [0.1, 0.15) is 5.82 Å². The second-order valence-electron chi connectivity index (χ2n) is 5.98. The number of hydrogen-bond acceptors (Lipinski definition) is 5. The van der Waals surface area contributed by atoms with Gasteiger partial charge in [-0.05, 0) is 49.2 Å². The minimum atomic E-state index is -3.26. The van der Waals surface area contributed by atoms with E-state index in [4.69, 9.17) is 0 Å². The maximum absolute atomic E-state index is 12.3. The fourth-order valence-electron chi connectivity index (χ4n) is 2.78. The summed E-state index contributed by atoms with van der Waals surface area (Å²) in [5.74, 6) is 0.661. The largest absolute Gasteiger partial charge is 0.357 e. The van der Waals surface area contributed by atoms with Gasteiger partial charge in [0.15, 0.2) is 9.84 Å². The van der Waals surface area contributed by atoms with Crippen LogP contribution in [0.5, 0.6) is 0 Å². The molecule has 0 unspecified atom stereocenters. The fraction of sp³-hybridized carbons (Fsp3) is 0.333. The Labute approximate surface area is 147 Å². The van der Waals surface area contributed by atoms with Crippen LogP contribution in [0, 0.1) is 0 Å². The van der Waals surface area contributed by atoms with Crippen molar-refractivity contribution in [3.05, 3.63) is 48.2 Å². The Morgan fingerprint density at radius 2 is 1.80 bits per heavy atom. The lowest BCUT2D eigenvalue weighted by Gasteiger charge is -2.16. The highest BCUT2D eigenvalue weighted by molar-refractivity contribution is 7.91. The van der Waals surface area contributed by atoms with Crippen molar-refractivity contribution in [1.82, 2.24) is 4.98 Å². The molecule has 1 fully saturated rings. The Morgan fingerprint density at radius 3 is 2.36 bits per heavy atom. The van der Waals surface area contributed by atoms with Gasteiger partial charge < -0.3 is 10.2 Å². The number of rotatable bonds is 5. The van der Waals surface area contributed by atoms with Gasteiger partial charge in [0.05, 0.1) is 22.5 Å². The molecule has 1 saturated heterocycles. The summed E-state index contributed by atoms with van der Waals surface area (Å²) in [7, 11) is -3.26. The van der Waals surface area contributed by atoms with Crippen LogP contribution in [-0.4, -0.2) is 38.2 Å². The van der Waals surface area contributed by atoms with Crippen molar-refractivity contribution in [2.75, 3.05) is 29.1 Å². The molecule has 3 rings (SSSR count). The summed E-state index contributed by atoms with van der Waals surface area (Å²) in [5, 5.41) is 2.78. The van der Waals surface area contributed by atoms with E-state index in [1.165, 1.54) is 37.1 Å². The molecule has 2 aromatic rings. The number of pyridine rings is 1. The third kappa shape index (κ3) is 3.99. The number of hydrogen-bond donors (Lipinski definition) is 1. The zero-order valence-corrected chi connectivity index (χ0v) is 14.9. The molecule has 0 spiro atoms. The van der Waals surface area contributed by atoms with Gasteiger partial charge >= 0.3 is 0 Å². The molecule has 6 nitrogen and oxygen atoms in total. The monoisotopic (exact) mass is 359 g/mol. The summed E-state index contributed by atoms with van der Waals surface area (Å²) in [6.07, 6.45) is 4.01. The first-order valence-corrected chi connectivity index (χ1v) is 10.00. The van der Waals surface area contributed by atoms with Crippen LogP contribution in [0.3, 0.4) is 0 Å². The molecule has 1 N–H and O–H groups in total. The Morgan fingerprint density at radius 1 is 1.12 bits per heavy atom. The molecule has 25 heavy (non-hydrogen) atoms. The predicted octanol–water partition coefficient (Wildman–Crippen LogP) is 2.73. The van der Waals surface area contributed by atoms with E-state index in [0.717, 1.165) is 18.9 Å². The maximum atomic E-state index is 12.3. The molecular weight excluding hydrogens is 338 g/mol. The third-order valence-corrected chi connectivity index (χ3v) is 6.04. The van der Waals surface area contributed by atoms with Gasteiger partial charge in [-0.2, -0.15) is 0 Å². The molecule has 0 bridgehead atoms. The van der Waals surface area contributed by atoms with E-state index in [1.54, 1.807) is 13.1 Å². The molecule has 1 aromatic carbocycles. The molecule has 1 aliphatic rings. The van der Waals surface area contributed by atoms with E-state index in [-0.39, 0.29) is 16.6 Å². The highest BCUT2D eigenvalue weighted by Crippen LogP contribution is 2.19. The molecular formula is C18H21N3O3S. The van der Waals surface area contributed by atoms with E-state index in [1.807, 2.05) is 12.1 Å². The van der Waals surface area contributed by atoms with E-state index < -0.39 is 9.84 Å². The summed E-state index contributed by atoms with van der Waals surface area (Å²) in [6, 6.07) is 9.69. The molecule has 2 heterocycles. The number of benzene rings is 1. The Hall–Kier alpha value is -2.41.